The molecule has 3 nitrogen and oxygen atoms in total. The van der Waals surface area contributed by atoms with Gasteiger partial charge in [-0.25, -0.2) is 4.98 Å². The van der Waals surface area contributed by atoms with Gasteiger partial charge in [0.1, 0.15) is 0 Å². The van der Waals surface area contributed by atoms with Gasteiger partial charge < -0.3 is 11.1 Å². The largest absolute Gasteiger partial charge is 0.397 e. The number of thiophene rings is 1. The lowest BCUT2D eigenvalue weighted by atomic mass is 10.1. The minimum Gasteiger partial charge on any atom is -0.397 e. The molecule has 0 saturated carbocycles. The van der Waals surface area contributed by atoms with E-state index in [1.165, 1.54) is 5.56 Å². The third-order valence-corrected chi connectivity index (χ3v) is 4.86. The van der Waals surface area contributed by atoms with Crippen LogP contribution >= 0.6 is 22.7 Å². The Balaban J connectivity index is 1.80. The van der Waals surface area contributed by atoms with Gasteiger partial charge in [0.15, 0.2) is 0 Å². The second kappa shape index (κ2) is 5.42. The van der Waals surface area contributed by atoms with Crippen molar-refractivity contribution in [3.63, 3.8) is 0 Å². The normalized spacial score (nSPS) is 12.7. The van der Waals surface area contributed by atoms with Crippen LogP contribution in [-0.4, -0.2) is 11.0 Å². The quantitative estimate of drug-likeness (QED) is 0.707. The molecule has 20 heavy (non-hydrogen) atoms. The number of anilines is 2. The van der Waals surface area contributed by atoms with Crippen LogP contribution in [-0.2, 0) is 6.42 Å². The number of aromatic nitrogens is 1. The summed E-state index contributed by atoms with van der Waals surface area (Å²) in [6.45, 7) is 4.20. The fourth-order valence-electron chi connectivity index (χ4n) is 2.31. The lowest BCUT2D eigenvalue weighted by Crippen LogP contribution is -2.18. The number of hydrogen-bond donors (Lipinski definition) is 2. The third kappa shape index (κ3) is 2.78. The van der Waals surface area contributed by atoms with Crippen molar-refractivity contribution in [2.24, 2.45) is 0 Å². The van der Waals surface area contributed by atoms with Crippen molar-refractivity contribution in [3.8, 4) is 0 Å². The highest BCUT2D eigenvalue weighted by Gasteiger charge is 2.09. The number of fused-ring (bicyclic) bond motifs is 1. The molecule has 2 aromatic heterocycles. The summed E-state index contributed by atoms with van der Waals surface area (Å²) in [6, 6.07) is 6.57. The first-order valence-electron chi connectivity index (χ1n) is 6.56. The van der Waals surface area contributed by atoms with E-state index in [-0.39, 0.29) is 0 Å². The van der Waals surface area contributed by atoms with Gasteiger partial charge in [0, 0.05) is 6.04 Å². The molecule has 0 aliphatic rings. The molecule has 3 N–H and O–H groups in total. The summed E-state index contributed by atoms with van der Waals surface area (Å²) in [6.07, 6.45) is 0.997. The number of nitrogens with one attached hydrogen (secondary N) is 1. The van der Waals surface area contributed by atoms with Crippen LogP contribution in [0.4, 0.5) is 11.4 Å². The molecule has 5 heteroatoms. The Hall–Kier alpha value is -1.59. The molecule has 1 atom stereocenters. The van der Waals surface area contributed by atoms with Crippen LogP contribution in [0.15, 0.2) is 29.0 Å². The second-order valence-electron chi connectivity index (χ2n) is 5.02. The van der Waals surface area contributed by atoms with Crippen LogP contribution in [0, 0.1) is 6.92 Å². The Bertz CT molecular complexity index is 716. The lowest BCUT2D eigenvalue weighted by molar-refractivity contribution is 0.793. The SMILES string of the molecule is Cc1nc2cc(NC(C)Cc3ccsc3)c(N)cc2s1. The number of rotatable bonds is 4. The van der Waals surface area contributed by atoms with Crippen LogP contribution in [0.1, 0.15) is 17.5 Å². The molecular formula is C15H17N3S2. The zero-order valence-electron chi connectivity index (χ0n) is 11.5. The first kappa shape index (κ1) is 13.4. The standard InChI is InChI=1S/C15H17N3S2/c1-9(5-11-3-4-19-8-11)17-13-7-14-15(6-12(13)16)20-10(2)18-14/h3-4,6-9,17H,5,16H2,1-2H3. The van der Waals surface area contributed by atoms with Gasteiger partial charge in [-0.15, -0.1) is 11.3 Å². The maximum atomic E-state index is 6.14. The van der Waals surface area contributed by atoms with E-state index in [2.05, 4.69) is 40.1 Å². The molecule has 0 aliphatic heterocycles. The van der Waals surface area contributed by atoms with Crippen LogP contribution in [0.2, 0.25) is 0 Å². The molecule has 104 valence electrons. The van der Waals surface area contributed by atoms with Crippen LogP contribution in [0.3, 0.4) is 0 Å². The van der Waals surface area contributed by atoms with Crippen molar-refractivity contribution in [1.29, 1.82) is 0 Å². The zero-order chi connectivity index (χ0) is 14.1. The maximum absolute atomic E-state index is 6.14. The van der Waals surface area contributed by atoms with Gasteiger partial charge in [-0.3, -0.25) is 0 Å². The average molecular weight is 303 g/mol. The minimum absolute atomic E-state index is 0.337. The molecule has 0 aliphatic carbocycles. The number of nitrogens with zero attached hydrogens (tertiary/aromatic N) is 1. The molecule has 3 rings (SSSR count). The molecular weight excluding hydrogens is 286 g/mol. The summed E-state index contributed by atoms with van der Waals surface area (Å²) < 4.78 is 1.15. The highest BCUT2D eigenvalue weighted by atomic mass is 32.1. The Labute approximate surface area is 126 Å². The van der Waals surface area contributed by atoms with E-state index in [0.29, 0.717) is 6.04 Å². The average Bonchev–Trinajstić information content (AvgIpc) is 2.98. The summed E-state index contributed by atoms with van der Waals surface area (Å²) in [4.78, 5) is 4.52. The van der Waals surface area contributed by atoms with Crippen molar-refractivity contribution >= 4 is 44.3 Å². The maximum Gasteiger partial charge on any atom is 0.0907 e. The topological polar surface area (TPSA) is 50.9 Å². The third-order valence-electron chi connectivity index (χ3n) is 3.19. The number of nitrogen functional groups attached to an aromatic ring is 1. The van der Waals surface area contributed by atoms with E-state index in [4.69, 9.17) is 5.73 Å². The van der Waals surface area contributed by atoms with E-state index in [9.17, 15) is 0 Å². The smallest absolute Gasteiger partial charge is 0.0907 e. The van der Waals surface area contributed by atoms with Gasteiger partial charge in [-0.1, -0.05) is 0 Å². The molecule has 0 bridgehead atoms. The highest BCUT2D eigenvalue weighted by Crippen LogP contribution is 2.30. The predicted molar refractivity (Wildman–Crippen MR) is 89.9 cm³/mol. The van der Waals surface area contributed by atoms with E-state index in [1.807, 2.05) is 13.0 Å². The van der Waals surface area contributed by atoms with Crippen LogP contribution < -0.4 is 11.1 Å². The molecule has 1 aromatic carbocycles. The van der Waals surface area contributed by atoms with Gasteiger partial charge in [0.25, 0.3) is 0 Å². The van der Waals surface area contributed by atoms with Gasteiger partial charge in [0.05, 0.1) is 26.6 Å². The van der Waals surface area contributed by atoms with Gasteiger partial charge >= 0.3 is 0 Å². The summed E-state index contributed by atoms with van der Waals surface area (Å²) in [7, 11) is 0. The molecule has 0 radical (unpaired) electrons. The molecule has 2 heterocycles. The molecule has 0 spiro atoms. The Morgan fingerprint density at radius 1 is 1.40 bits per heavy atom. The summed E-state index contributed by atoms with van der Waals surface area (Å²) in [5, 5.41) is 8.87. The van der Waals surface area contributed by atoms with E-state index < -0.39 is 0 Å². The number of aryl methyl sites for hydroxylation is 1. The van der Waals surface area contributed by atoms with Crippen LogP contribution in [0.5, 0.6) is 0 Å². The van der Waals surface area contributed by atoms with Crippen molar-refractivity contribution in [3.05, 3.63) is 39.5 Å². The Kier molecular flexibility index (Phi) is 3.63. The van der Waals surface area contributed by atoms with Crippen LogP contribution in [0.25, 0.3) is 10.2 Å². The molecule has 0 amide bonds. The summed E-state index contributed by atoms with van der Waals surface area (Å²) >= 11 is 3.41. The monoisotopic (exact) mass is 303 g/mol. The molecule has 0 saturated heterocycles. The van der Waals surface area contributed by atoms with Crippen molar-refractivity contribution < 1.29 is 0 Å². The fraction of sp³-hybridized carbons (Fsp3) is 0.267. The first-order chi connectivity index (χ1) is 9.61. The number of thiazole rings is 1. The molecule has 1 unspecified atom stereocenters. The minimum atomic E-state index is 0.337. The van der Waals surface area contributed by atoms with Crippen molar-refractivity contribution in [2.45, 2.75) is 26.3 Å². The van der Waals surface area contributed by atoms with Gasteiger partial charge in [-0.05, 0) is 54.8 Å². The number of nitrogens with two attached hydrogens (primary N) is 1. The zero-order valence-corrected chi connectivity index (χ0v) is 13.1. The lowest BCUT2D eigenvalue weighted by Gasteiger charge is -2.16. The summed E-state index contributed by atoms with van der Waals surface area (Å²) in [5.74, 6) is 0. The number of hydrogen-bond acceptors (Lipinski definition) is 5. The number of benzene rings is 1. The molecule has 3 aromatic rings. The second-order valence-corrected chi connectivity index (χ2v) is 7.04. The Morgan fingerprint density at radius 2 is 2.25 bits per heavy atom. The molecule has 0 fully saturated rings. The highest BCUT2D eigenvalue weighted by molar-refractivity contribution is 7.18. The van der Waals surface area contributed by atoms with Crippen molar-refractivity contribution in [2.75, 3.05) is 11.1 Å². The summed E-state index contributed by atoms with van der Waals surface area (Å²) in [5.41, 5.74) is 10.3. The Morgan fingerprint density at radius 3 is 3.00 bits per heavy atom. The van der Waals surface area contributed by atoms with E-state index in [0.717, 1.165) is 33.0 Å². The predicted octanol–water partition coefficient (Wildman–Crippen LogP) is 4.29. The van der Waals surface area contributed by atoms with Gasteiger partial charge in [0.2, 0.25) is 0 Å². The van der Waals surface area contributed by atoms with E-state index >= 15 is 0 Å². The van der Waals surface area contributed by atoms with E-state index in [1.54, 1.807) is 22.7 Å². The fourth-order valence-corrected chi connectivity index (χ4v) is 3.85. The first-order valence-corrected chi connectivity index (χ1v) is 8.32. The van der Waals surface area contributed by atoms with Crippen molar-refractivity contribution in [1.82, 2.24) is 4.98 Å². The van der Waals surface area contributed by atoms with Gasteiger partial charge in [-0.2, -0.15) is 11.3 Å².